The highest BCUT2D eigenvalue weighted by Crippen LogP contribution is 2.30. The van der Waals surface area contributed by atoms with Gasteiger partial charge < -0.3 is 0 Å². The van der Waals surface area contributed by atoms with Crippen LogP contribution in [-0.2, 0) is 7.05 Å². The minimum atomic E-state index is -2.16. The van der Waals surface area contributed by atoms with Crippen LogP contribution in [0.25, 0.3) is 22.2 Å². The molecule has 0 spiro atoms. The molecule has 0 saturated heterocycles. The van der Waals surface area contributed by atoms with E-state index >= 15 is 0 Å². The Morgan fingerprint density at radius 2 is 1.23 bits per heavy atom. The lowest BCUT2D eigenvalue weighted by molar-refractivity contribution is -0.633. The van der Waals surface area contributed by atoms with Gasteiger partial charge in [0.25, 0.3) is 0 Å². The van der Waals surface area contributed by atoms with Gasteiger partial charge in [0, 0.05) is 17.5 Å². The first-order chi connectivity index (χ1) is 10.4. The second-order valence-corrected chi connectivity index (χ2v) is 4.78. The van der Waals surface area contributed by atoms with Crippen LogP contribution in [0.5, 0.6) is 0 Å². The molecule has 0 aliphatic carbocycles. The molecule has 0 amide bonds. The molecule has 2 aromatic carbocycles. The minimum Gasteiger partial charge on any atom is -0.203 e. The summed E-state index contributed by atoms with van der Waals surface area (Å²) in [6.07, 6.45) is 0. The SMILES string of the molecule is C[n+]1c(-c2c(F)c(F)c(F)c(F)c2F)ccc2ccccc21. The molecule has 0 fully saturated rings. The smallest absolute Gasteiger partial charge is 0.203 e. The largest absolute Gasteiger partial charge is 0.218 e. The quantitative estimate of drug-likeness (QED) is 0.276. The van der Waals surface area contributed by atoms with E-state index in [2.05, 4.69) is 0 Å². The molecule has 3 aromatic rings. The Labute approximate surface area is 122 Å². The fourth-order valence-corrected chi connectivity index (χ4v) is 2.43. The summed E-state index contributed by atoms with van der Waals surface area (Å²) in [6, 6.07) is 9.83. The minimum absolute atomic E-state index is 0.105. The monoisotopic (exact) mass is 310 g/mol. The molecule has 0 aliphatic rings. The van der Waals surface area contributed by atoms with E-state index in [4.69, 9.17) is 0 Å². The summed E-state index contributed by atoms with van der Waals surface area (Å²) in [7, 11) is 1.50. The second-order valence-electron chi connectivity index (χ2n) is 4.78. The predicted octanol–water partition coefficient (Wildman–Crippen LogP) is 4.03. The Kier molecular flexibility index (Phi) is 3.31. The van der Waals surface area contributed by atoms with Crippen molar-refractivity contribution in [3.63, 3.8) is 0 Å². The van der Waals surface area contributed by atoms with E-state index in [0.29, 0.717) is 5.52 Å². The van der Waals surface area contributed by atoms with Gasteiger partial charge in [-0.05, 0) is 12.1 Å². The van der Waals surface area contributed by atoms with Crippen LogP contribution >= 0.6 is 0 Å². The first kappa shape index (κ1) is 14.4. The summed E-state index contributed by atoms with van der Waals surface area (Å²) in [5.41, 5.74) is -0.444. The number of aryl methyl sites for hydroxylation is 1. The van der Waals surface area contributed by atoms with Crippen LogP contribution in [0.4, 0.5) is 22.0 Å². The summed E-state index contributed by atoms with van der Waals surface area (Å²) >= 11 is 0. The molecular formula is C16H9F5N+. The lowest BCUT2D eigenvalue weighted by atomic mass is 10.1. The van der Waals surface area contributed by atoms with E-state index in [-0.39, 0.29) is 5.69 Å². The van der Waals surface area contributed by atoms with Gasteiger partial charge in [0.1, 0.15) is 12.6 Å². The van der Waals surface area contributed by atoms with Gasteiger partial charge in [0.15, 0.2) is 23.3 Å². The first-order valence-electron chi connectivity index (χ1n) is 6.33. The molecule has 22 heavy (non-hydrogen) atoms. The first-order valence-corrected chi connectivity index (χ1v) is 6.33. The second kappa shape index (κ2) is 5.05. The van der Waals surface area contributed by atoms with Gasteiger partial charge in [-0.1, -0.05) is 12.1 Å². The molecule has 1 aromatic heterocycles. The normalized spacial score (nSPS) is 11.2. The van der Waals surface area contributed by atoms with E-state index in [1.807, 2.05) is 0 Å². The average Bonchev–Trinajstić information content (AvgIpc) is 2.53. The van der Waals surface area contributed by atoms with Crippen molar-refractivity contribution in [2.45, 2.75) is 0 Å². The van der Waals surface area contributed by atoms with Crippen LogP contribution in [0.2, 0.25) is 0 Å². The van der Waals surface area contributed by atoms with Gasteiger partial charge in [-0.3, -0.25) is 0 Å². The van der Waals surface area contributed by atoms with Crippen LogP contribution in [-0.4, -0.2) is 0 Å². The van der Waals surface area contributed by atoms with Gasteiger partial charge in [-0.15, -0.1) is 0 Å². The summed E-state index contributed by atoms with van der Waals surface area (Å²) in [6.45, 7) is 0. The molecule has 0 N–H and O–H groups in total. The van der Waals surface area contributed by atoms with Crippen molar-refractivity contribution in [2.24, 2.45) is 7.05 Å². The Morgan fingerprint density at radius 1 is 0.682 bits per heavy atom. The Balaban J connectivity index is 2.40. The molecular weight excluding hydrogens is 301 g/mol. The number of nitrogens with zero attached hydrogens (tertiary/aromatic N) is 1. The molecule has 1 heterocycles. The molecule has 6 heteroatoms. The van der Waals surface area contributed by atoms with Crippen molar-refractivity contribution in [3.8, 4) is 11.3 Å². The molecule has 0 bridgehead atoms. The number of benzene rings is 2. The van der Waals surface area contributed by atoms with E-state index in [1.54, 1.807) is 30.3 Å². The average molecular weight is 310 g/mol. The standard InChI is InChI=1S/C16H9F5N/c1-22-9-5-3-2-4-8(9)6-7-10(22)11-12(17)14(19)16(21)15(20)13(11)18/h2-7H,1H3/q+1. The number of aromatic nitrogens is 1. The Morgan fingerprint density at radius 3 is 1.86 bits per heavy atom. The number of hydrogen-bond acceptors (Lipinski definition) is 0. The van der Waals surface area contributed by atoms with Gasteiger partial charge in [0.2, 0.25) is 17.0 Å². The molecule has 3 rings (SSSR count). The third-order valence-corrected chi connectivity index (χ3v) is 3.55. The molecule has 0 radical (unpaired) electrons. The van der Waals surface area contributed by atoms with Gasteiger partial charge in [-0.2, -0.15) is 4.57 Å². The van der Waals surface area contributed by atoms with Crippen molar-refractivity contribution < 1.29 is 26.5 Å². The van der Waals surface area contributed by atoms with Crippen LogP contribution < -0.4 is 4.57 Å². The maximum absolute atomic E-state index is 13.9. The number of halogens is 5. The van der Waals surface area contributed by atoms with Gasteiger partial charge >= 0.3 is 0 Å². The fourth-order valence-electron chi connectivity index (χ4n) is 2.43. The zero-order valence-electron chi connectivity index (χ0n) is 11.3. The summed E-state index contributed by atoms with van der Waals surface area (Å²) in [5, 5.41) is 0.776. The van der Waals surface area contributed by atoms with Crippen LogP contribution in [0.15, 0.2) is 36.4 Å². The highest BCUT2D eigenvalue weighted by atomic mass is 19.2. The lowest BCUT2D eigenvalue weighted by Gasteiger charge is -2.08. The maximum atomic E-state index is 13.9. The van der Waals surface area contributed by atoms with Crippen molar-refractivity contribution in [3.05, 3.63) is 65.5 Å². The van der Waals surface area contributed by atoms with Crippen molar-refractivity contribution in [1.29, 1.82) is 0 Å². The fraction of sp³-hybridized carbons (Fsp3) is 0.0625. The molecule has 1 nitrogen and oxygen atoms in total. The number of fused-ring (bicyclic) bond motifs is 1. The van der Waals surface area contributed by atoms with Gasteiger partial charge in [-0.25, -0.2) is 22.0 Å². The zero-order valence-corrected chi connectivity index (χ0v) is 11.3. The summed E-state index contributed by atoms with van der Waals surface area (Å²) in [5.74, 6) is -9.77. The summed E-state index contributed by atoms with van der Waals surface area (Å²) in [4.78, 5) is 0. The topological polar surface area (TPSA) is 3.88 Å². The van der Waals surface area contributed by atoms with Crippen molar-refractivity contribution in [2.75, 3.05) is 0 Å². The third kappa shape index (κ3) is 1.94. The van der Waals surface area contributed by atoms with E-state index in [1.165, 1.54) is 17.7 Å². The molecule has 0 saturated carbocycles. The van der Waals surface area contributed by atoms with Crippen molar-refractivity contribution >= 4 is 10.9 Å². The number of hydrogen-bond donors (Lipinski definition) is 0. The van der Waals surface area contributed by atoms with E-state index in [9.17, 15) is 22.0 Å². The molecule has 0 aliphatic heterocycles. The van der Waals surface area contributed by atoms with Crippen LogP contribution in [0.3, 0.4) is 0 Å². The Bertz CT molecular complexity index is 876. The van der Waals surface area contributed by atoms with E-state index in [0.717, 1.165) is 5.39 Å². The lowest BCUT2D eigenvalue weighted by Crippen LogP contribution is -2.32. The Hall–Kier alpha value is -2.50. The molecule has 112 valence electrons. The maximum Gasteiger partial charge on any atom is 0.218 e. The van der Waals surface area contributed by atoms with Crippen LogP contribution in [0, 0.1) is 29.1 Å². The zero-order chi connectivity index (χ0) is 16.0. The van der Waals surface area contributed by atoms with Crippen LogP contribution in [0.1, 0.15) is 0 Å². The number of rotatable bonds is 1. The number of pyridine rings is 1. The predicted molar refractivity (Wildman–Crippen MR) is 70.4 cm³/mol. The summed E-state index contributed by atoms with van der Waals surface area (Å²) < 4.78 is 69.1. The molecule has 0 unspecified atom stereocenters. The third-order valence-electron chi connectivity index (χ3n) is 3.55. The van der Waals surface area contributed by atoms with Gasteiger partial charge in [0.05, 0.1) is 0 Å². The highest BCUT2D eigenvalue weighted by molar-refractivity contribution is 5.77. The number of para-hydroxylation sites is 1. The van der Waals surface area contributed by atoms with E-state index < -0.39 is 34.6 Å². The highest BCUT2D eigenvalue weighted by Gasteiger charge is 2.30. The van der Waals surface area contributed by atoms with Crippen molar-refractivity contribution in [1.82, 2.24) is 0 Å². The molecule has 0 atom stereocenters.